The van der Waals surface area contributed by atoms with Gasteiger partial charge in [-0.2, -0.15) is 5.10 Å². The van der Waals surface area contributed by atoms with E-state index in [1.54, 1.807) is 15.9 Å². The molecule has 1 aliphatic rings. The Morgan fingerprint density at radius 3 is 2.77 bits per heavy atom. The summed E-state index contributed by atoms with van der Waals surface area (Å²) in [5.74, 6) is 0.794. The Balaban J connectivity index is 1.58. The Morgan fingerprint density at radius 2 is 2.12 bits per heavy atom. The first-order valence-electron chi connectivity index (χ1n) is 8.66. The molecule has 0 spiro atoms. The molecule has 1 aliphatic carbocycles. The van der Waals surface area contributed by atoms with Crippen LogP contribution < -0.4 is 0 Å². The van der Waals surface area contributed by atoms with Gasteiger partial charge in [-0.1, -0.05) is 35.9 Å². The lowest BCUT2D eigenvalue weighted by atomic mass is 10.1. The van der Waals surface area contributed by atoms with Crippen molar-refractivity contribution in [3.05, 3.63) is 57.0 Å². The first-order chi connectivity index (χ1) is 12.6. The Bertz CT molecular complexity index is 952. The predicted molar refractivity (Wildman–Crippen MR) is 105 cm³/mol. The third-order valence-electron chi connectivity index (χ3n) is 4.58. The SMILES string of the molecule is Cc1ccc(-c2n[nH]c(=S)n2CC(=O)N(Cc2cccs2)C2CC2)cc1. The summed E-state index contributed by atoms with van der Waals surface area (Å²) < 4.78 is 2.27. The van der Waals surface area contributed by atoms with Crippen molar-refractivity contribution < 1.29 is 4.79 Å². The van der Waals surface area contributed by atoms with E-state index in [9.17, 15) is 4.79 Å². The number of benzene rings is 1. The number of aromatic amines is 1. The van der Waals surface area contributed by atoms with Crippen LogP contribution >= 0.6 is 23.6 Å². The summed E-state index contributed by atoms with van der Waals surface area (Å²) in [5, 5.41) is 9.22. The maximum absolute atomic E-state index is 13.0. The van der Waals surface area contributed by atoms with Crippen molar-refractivity contribution in [3.8, 4) is 11.4 Å². The first kappa shape index (κ1) is 17.2. The lowest BCUT2D eigenvalue weighted by Crippen LogP contribution is -2.35. The Hall–Kier alpha value is -2.25. The molecule has 4 rings (SSSR count). The molecule has 0 radical (unpaired) electrons. The third kappa shape index (κ3) is 3.64. The quantitative estimate of drug-likeness (QED) is 0.649. The summed E-state index contributed by atoms with van der Waals surface area (Å²) >= 11 is 7.06. The minimum atomic E-state index is 0.0896. The maximum Gasteiger partial charge on any atom is 0.243 e. The molecule has 0 aliphatic heterocycles. The van der Waals surface area contributed by atoms with Gasteiger partial charge in [0.25, 0.3) is 0 Å². The monoisotopic (exact) mass is 384 g/mol. The lowest BCUT2D eigenvalue weighted by molar-refractivity contribution is -0.133. The molecule has 1 fully saturated rings. The number of amides is 1. The topological polar surface area (TPSA) is 53.9 Å². The molecule has 1 aromatic carbocycles. The van der Waals surface area contributed by atoms with Crippen molar-refractivity contribution in [2.24, 2.45) is 0 Å². The van der Waals surface area contributed by atoms with Crippen molar-refractivity contribution in [2.45, 2.75) is 38.9 Å². The van der Waals surface area contributed by atoms with Gasteiger partial charge in [0.2, 0.25) is 5.91 Å². The van der Waals surface area contributed by atoms with Crippen LogP contribution in [0.3, 0.4) is 0 Å². The minimum Gasteiger partial charge on any atom is -0.333 e. The number of hydrogen-bond acceptors (Lipinski definition) is 4. The molecule has 134 valence electrons. The highest BCUT2D eigenvalue weighted by Crippen LogP contribution is 2.30. The molecule has 1 saturated carbocycles. The number of carbonyl (C=O) groups is 1. The normalized spacial score (nSPS) is 13.7. The average molecular weight is 385 g/mol. The fourth-order valence-corrected chi connectivity index (χ4v) is 3.89. The van der Waals surface area contributed by atoms with Crippen LogP contribution in [-0.2, 0) is 17.9 Å². The summed E-state index contributed by atoms with van der Waals surface area (Å²) in [6, 6.07) is 12.5. The Labute approximate surface area is 161 Å². The summed E-state index contributed by atoms with van der Waals surface area (Å²) in [5.41, 5.74) is 2.13. The Morgan fingerprint density at radius 1 is 1.35 bits per heavy atom. The molecule has 0 unspecified atom stereocenters. The summed E-state index contributed by atoms with van der Waals surface area (Å²) in [4.78, 5) is 16.2. The van der Waals surface area contributed by atoms with Gasteiger partial charge in [-0.05, 0) is 43.4 Å². The number of hydrogen-bond donors (Lipinski definition) is 1. The lowest BCUT2D eigenvalue weighted by Gasteiger charge is -2.22. The molecular formula is C19H20N4OS2. The van der Waals surface area contributed by atoms with Crippen LogP contribution in [0, 0.1) is 11.7 Å². The van der Waals surface area contributed by atoms with Crippen LogP contribution in [0.1, 0.15) is 23.3 Å². The van der Waals surface area contributed by atoms with Gasteiger partial charge < -0.3 is 4.90 Å². The molecule has 26 heavy (non-hydrogen) atoms. The second-order valence-electron chi connectivity index (χ2n) is 6.64. The van der Waals surface area contributed by atoms with Crippen molar-refractivity contribution in [1.29, 1.82) is 0 Å². The van der Waals surface area contributed by atoms with Gasteiger partial charge in [-0.25, -0.2) is 0 Å². The van der Waals surface area contributed by atoms with Crippen LogP contribution in [0.5, 0.6) is 0 Å². The molecule has 0 atom stereocenters. The molecule has 1 N–H and O–H groups in total. The molecule has 0 saturated heterocycles. The first-order valence-corrected chi connectivity index (χ1v) is 9.94. The molecule has 2 heterocycles. The standard InChI is InChI=1S/C19H20N4OS2/c1-13-4-6-14(7-5-13)18-20-21-19(25)23(18)12-17(24)22(15-8-9-15)11-16-3-2-10-26-16/h2-7,10,15H,8-9,11-12H2,1H3,(H,21,25). The number of H-pyrrole nitrogens is 1. The fourth-order valence-electron chi connectivity index (χ4n) is 2.99. The maximum atomic E-state index is 13.0. The van der Waals surface area contributed by atoms with Crippen LogP contribution in [-0.4, -0.2) is 31.6 Å². The van der Waals surface area contributed by atoms with Gasteiger partial charge in [0, 0.05) is 16.5 Å². The van der Waals surface area contributed by atoms with E-state index >= 15 is 0 Å². The van der Waals surface area contributed by atoms with E-state index in [0.29, 0.717) is 23.2 Å². The number of carbonyl (C=O) groups excluding carboxylic acids is 1. The van der Waals surface area contributed by atoms with Crippen LogP contribution in [0.2, 0.25) is 0 Å². The highest BCUT2D eigenvalue weighted by molar-refractivity contribution is 7.71. The van der Waals surface area contributed by atoms with Crippen molar-refractivity contribution in [2.75, 3.05) is 0 Å². The van der Waals surface area contributed by atoms with Crippen molar-refractivity contribution >= 4 is 29.5 Å². The minimum absolute atomic E-state index is 0.0896. The van der Waals surface area contributed by atoms with E-state index in [-0.39, 0.29) is 12.5 Å². The van der Waals surface area contributed by atoms with Gasteiger partial charge in [0.1, 0.15) is 6.54 Å². The van der Waals surface area contributed by atoms with Crippen LogP contribution in [0.15, 0.2) is 41.8 Å². The zero-order valence-corrected chi connectivity index (χ0v) is 16.1. The fraction of sp³-hybridized carbons (Fsp3) is 0.316. The van der Waals surface area contributed by atoms with E-state index in [0.717, 1.165) is 18.4 Å². The van der Waals surface area contributed by atoms with Gasteiger partial charge in [0.05, 0.1) is 6.54 Å². The van der Waals surface area contributed by atoms with E-state index in [1.165, 1.54) is 10.4 Å². The van der Waals surface area contributed by atoms with Gasteiger partial charge >= 0.3 is 0 Å². The van der Waals surface area contributed by atoms with Gasteiger partial charge in [0.15, 0.2) is 10.6 Å². The highest BCUT2D eigenvalue weighted by Gasteiger charge is 2.33. The van der Waals surface area contributed by atoms with Crippen LogP contribution in [0.25, 0.3) is 11.4 Å². The number of nitrogens with one attached hydrogen (secondary N) is 1. The number of aryl methyl sites for hydroxylation is 1. The number of thiophene rings is 1. The van der Waals surface area contributed by atoms with Crippen molar-refractivity contribution in [1.82, 2.24) is 19.7 Å². The summed E-state index contributed by atoms with van der Waals surface area (Å²) in [7, 11) is 0. The van der Waals surface area contributed by atoms with Gasteiger partial charge in [-0.3, -0.25) is 14.5 Å². The second-order valence-corrected chi connectivity index (χ2v) is 8.06. The smallest absolute Gasteiger partial charge is 0.243 e. The molecule has 1 amide bonds. The second kappa shape index (κ2) is 7.17. The van der Waals surface area contributed by atoms with Crippen LogP contribution in [0.4, 0.5) is 0 Å². The Kier molecular flexibility index (Phi) is 4.74. The van der Waals surface area contributed by atoms with E-state index in [4.69, 9.17) is 12.2 Å². The molecule has 5 nitrogen and oxygen atoms in total. The average Bonchev–Trinajstić information content (AvgIpc) is 3.23. The molecular weight excluding hydrogens is 364 g/mol. The van der Waals surface area contributed by atoms with E-state index in [1.807, 2.05) is 47.5 Å². The molecule has 3 aromatic rings. The number of aromatic nitrogens is 3. The molecule has 2 aromatic heterocycles. The van der Waals surface area contributed by atoms with E-state index in [2.05, 4.69) is 16.3 Å². The summed E-state index contributed by atoms with van der Waals surface area (Å²) in [6.07, 6.45) is 2.16. The third-order valence-corrected chi connectivity index (χ3v) is 5.75. The van der Waals surface area contributed by atoms with Crippen molar-refractivity contribution in [3.63, 3.8) is 0 Å². The zero-order chi connectivity index (χ0) is 18.1. The number of nitrogens with zero attached hydrogens (tertiary/aromatic N) is 3. The van der Waals surface area contributed by atoms with Gasteiger partial charge in [-0.15, -0.1) is 11.3 Å². The summed E-state index contributed by atoms with van der Waals surface area (Å²) in [6.45, 7) is 2.93. The van der Waals surface area contributed by atoms with E-state index < -0.39 is 0 Å². The zero-order valence-electron chi connectivity index (χ0n) is 14.5. The highest BCUT2D eigenvalue weighted by atomic mass is 32.1. The number of rotatable bonds is 6. The largest absolute Gasteiger partial charge is 0.333 e. The predicted octanol–water partition coefficient (Wildman–Crippen LogP) is 4.17. The molecule has 7 heteroatoms. The molecule has 0 bridgehead atoms.